The van der Waals surface area contributed by atoms with Gasteiger partial charge in [-0.15, -0.1) is 0 Å². The van der Waals surface area contributed by atoms with Gasteiger partial charge in [-0.2, -0.15) is 5.06 Å². The molecule has 2 aliphatic rings. The van der Waals surface area contributed by atoms with Crippen LogP contribution in [0.3, 0.4) is 0 Å². The van der Waals surface area contributed by atoms with Gasteiger partial charge in [0.1, 0.15) is 29.9 Å². The van der Waals surface area contributed by atoms with Gasteiger partial charge in [-0.25, -0.2) is 17.6 Å². The fraction of sp³-hybridized carbons (Fsp3) is 0.370. The summed E-state index contributed by atoms with van der Waals surface area (Å²) in [5.74, 6) is -7.15. The largest absolute Gasteiger partial charge is 0.355 e. The molecule has 4 N–H and O–H groups in total. The highest BCUT2D eigenvalue weighted by Crippen LogP contribution is 2.27. The van der Waals surface area contributed by atoms with Crippen molar-refractivity contribution in [2.45, 2.75) is 25.7 Å². The normalized spacial score (nSPS) is 18.6. The molecule has 6 rings (SSSR count). The SMILES string of the molecule is O=C(NCCc1ccc(F)cc1)C1CN(C(=O)CON2CC(C(=O)NCCc3ccc(F)cc3)[C@H](C(=O)NCCc3ccc(F)cc3)C2)CC1C(=O)NCCc1ccc(F)cc1. The zero-order chi connectivity index (χ0) is 44.0. The average Bonchev–Trinajstić information content (AvgIpc) is 3.92. The van der Waals surface area contributed by atoms with Crippen LogP contribution in [-0.2, 0) is 54.5 Å². The van der Waals surface area contributed by atoms with E-state index in [-0.39, 0.29) is 75.6 Å². The molecule has 0 aliphatic carbocycles. The third kappa shape index (κ3) is 13.2. The minimum atomic E-state index is -0.893. The molecule has 2 heterocycles. The number of hydrogen-bond donors (Lipinski definition) is 4. The molecule has 0 spiro atoms. The van der Waals surface area contributed by atoms with E-state index in [4.69, 9.17) is 4.84 Å². The van der Waals surface area contributed by atoms with Crippen molar-refractivity contribution < 1.29 is 46.4 Å². The third-order valence-electron chi connectivity index (χ3n) is 11.2. The van der Waals surface area contributed by atoms with Crippen LogP contribution in [-0.4, -0.2) is 98.5 Å². The number of nitrogens with one attached hydrogen (secondary N) is 4. The van der Waals surface area contributed by atoms with E-state index in [1.165, 1.54) is 58.5 Å². The Kier molecular flexibility index (Phi) is 16.2. The number of hydroxylamine groups is 2. The van der Waals surface area contributed by atoms with E-state index in [1.54, 1.807) is 48.5 Å². The summed E-state index contributed by atoms with van der Waals surface area (Å²) < 4.78 is 53.5. The van der Waals surface area contributed by atoms with Gasteiger partial charge in [-0.3, -0.25) is 28.8 Å². The van der Waals surface area contributed by atoms with Gasteiger partial charge in [0.2, 0.25) is 23.6 Å². The molecule has 3 unspecified atom stereocenters. The topological polar surface area (TPSA) is 149 Å². The molecule has 4 aromatic carbocycles. The second kappa shape index (κ2) is 22.1. The van der Waals surface area contributed by atoms with E-state index < -0.39 is 59.8 Å². The van der Waals surface area contributed by atoms with Crippen molar-refractivity contribution in [1.82, 2.24) is 31.2 Å². The molecule has 0 radical (unpaired) electrons. The molecule has 0 aromatic heterocycles. The Balaban J connectivity index is 1.06. The van der Waals surface area contributed by atoms with Crippen LogP contribution < -0.4 is 21.3 Å². The molecule has 2 aliphatic heterocycles. The van der Waals surface area contributed by atoms with Gasteiger partial charge in [0.15, 0.2) is 0 Å². The van der Waals surface area contributed by atoms with E-state index in [1.807, 2.05) is 0 Å². The number of hydrogen-bond acceptors (Lipinski definition) is 7. The minimum absolute atomic E-state index is 0.0100. The number of benzene rings is 4. The number of rotatable bonds is 19. The molecule has 12 nitrogen and oxygen atoms in total. The van der Waals surface area contributed by atoms with Gasteiger partial charge in [0, 0.05) is 52.4 Å². The standard InChI is InChI=1S/C46H50F4N6O6/c47-34-9-1-30(2-10-34)17-21-51-43(58)38-25-55(26-39(38)44(59)52-22-18-31-3-11-35(48)12-4-31)42(57)29-62-56-27-40(45(60)53-23-19-32-5-13-36(49)14-6-32)41(28-56)46(61)54-24-20-33-7-15-37(50)16-8-33/h1-16,38-41H,17-29H2,(H,51,58)(H,52,59)(H,53,60)(H,54,61)/t38?,39?,40-,41?/m1/s1. The monoisotopic (exact) mass is 858 g/mol. The first-order valence-electron chi connectivity index (χ1n) is 20.7. The molecule has 16 heteroatoms. The highest BCUT2D eigenvalue weighted by Gasteiger charge is 2.45. The number of carbonyl (C=O) groups excluding carboxylic acids is 5. The zero-order valence-corrected chi connectivity index (χ0v) is 34.1. The highest BCUT2D eigenvalue weighted by molar-refractivity contribution is 5.91. The van der Waals surface area contributed by atoms with Crippen molar-refractivity contribution in [3.05, 3.63) is 143 Å². The molecular formula is C46H50F4N6O6. The first kappa shape index (κ1) is 45.4. The fourth-order valence-corrected chi connectivity index (χ4v) is 7.63. The van der Waals surface area contributed by atoms with E-state index in [0.717, 1.165) is 22.3 Å². The second-order valence-electron chi connectivity index (χ2n) is 15.5. The molecule has 4 aromatic rings. The van der Waals surface area contributed by atoms with Crippen LogP contribution in [0.5, 0.6) is 0 Å². The second-order valence-corrected chi connectivity index (χ2v) is 15.5. The smallest absolute Gasteiger partial charge is 0.250 e. The summed E-state index contributed by atoms with van der Waals surface area (Å²) >= 11 is 0. The Morgan fingerprint density at radius 1 is 0.435 bits per heavy atom. The van der Waals surface area contributed by atoms with Crippen LogP contribution in [0.15, 0.2) is 97.1 Å². The number of amides is 5. The average molecular weight is 859 g/mol. The van der Waals surface area contributed by atoms with Crippen molar-refractivity contribution in [3.63, 3.8) is 0 Å². The Labute approximate surface area is 357 Å². The maximum atomic E-state index is 13.7. The lowest BCUT2D eigenvalue weighted by Crippen LogP contribution is -2.42. The predicted octanol–water partition coefficient (Wildman–Crippen LogP) is 3.53. The highest BCUT2D eigenvalue weighted by atomic mass is 19.1. The summed E-state index contributed by atoms with van der Waals surface area (Å²) in [6, 6.07) is 23.6. The number of nitrogens with zero attached hydrogens (tertiary/aromatic N) is 2. The van der Waals surface area contributed by atoms with Crippen LogP contribution in [0.1, 0.15) is 22.3 Å². The van der Waals surface area contributed by atoms with Gasteiger partial charge in [0.05, 0.1) is 23.7 Å². The molecule has 0 saturated carbocycles. The third-order valence-corrected chi connectivity index (χ3v) is 11.2. The maximum absolute atomic E-state index is 13.7. The number of likely N-dealkylation sites (tertiary alicyclic amines) is 1. The maximum Gasteiger partial charge on any atom is 0.250 e. The Morgan fingerprint density at radius 2 is 0.694 bits per heavy atom. The van der Waals surface area contributed by atoms with E-state index in [0.29, 0.717) is 25.7 Å². The molecule has 5 amide bonds. The molecule has 2 fully saturated rings. The van der Waals surface area contributed by atoms with Crippen molar-refractivity contribution in [2.75, 3.05) is 59.0 Å². The van der Waals surface area contributed by atoms with Crippen molar-refractivity contribution in [3.8, 4) is 0 Å². The molecule has 328 valence electrons. The molecule has 2 saturated heterocycles. The van der Waals surface area contributed by atoms with Gasteiger partial charge in [-0.05, 0) is 96.5 Å². The van der Waals surface area contributed by atoms with Gasteiger partial charge in [-0.1, -0.05) is 48.5 Å². The van der Waals surface area contributed by atoms with Gasteiger partial charge in [0.25, 0.3) is 5.91 Å². The first-order chi connectivity index (χ1) is 29.9. The lowest BCUT2D eigenvalue weighted by molar-refractivity contribution is -0.170. The van der Waals surface area contributed by atoms with E-state index in [2.05, 4.69) is 21.3 Å². The summed E-state index contributed by atoms with van der Waals surface area (Å²) in [7, 11) is 0. The van der Waals surface area contributed by atoms with Crippen molar-refractivity contribution in [2.24, 2.45) is 23.7 Å². The number of carbonyl (C=O) groups is 5. The Hall–Kier alpha value is -6.13. The summed E-state index contributed by atoms with van der Waals surface area (Å²) in [6.45, 7) is 0.245. The number of halogens is 4. The molecule has 4 atom stereocenters. The van der Waals surface area contributed by atoms with Gasteiger partial charge < -0.3 is 26.2 Å². The predicted molar refractivity (Wildman–Crippen MR) is 221 cm³/mol. The molecular weight excluding hydrogens is 809 g/mol. The first-order valence-corrected chi connectivity index (χ1v) is 20.7. The summed E-state index contributed by atoms with van der Waals surface area (Å²) in [6.07, 6.45) is 1.69. The van der Waals surface area contributed by atoms with Gasteiger partial charge >= 0.3 is 0 Å². The summed E-state index contributed by atoms with van der Waals surface area (Å²) in [5.41, 5.74) is 3.23. The fourth-order valence-electron chi connectivity index (χ4n) is 7.63. The van der Waals surface area contributed by atoms with Crippen LogP contribution >= 0.6 is 0 Å². The lowest BCUT2D eigenvalue weighted by Gasteiger charge is -2.20. The minimum Gasteiger partial charge on any atom is -0.355 e. The van der Waals surface area contributed by atoms with Crippen LogP contribution in [0.4, 0.5) is 17.6 Å². The van der Waals surface area contributed by atoms with Crippen LogP contribution in [0.25, 0.3) is 0 Å². The molecule has 62 heavy (non-hydrogen) atoms. The summed E-state index contributed by atoms with van der Waals surface area (Å²) in [5, 5.41) is 12.8. The zero-order valence-electron chi connectivity index (χ0n) is 34.1. The van der Waals surface area contributed by atoms with E-state index >= 15 is 0 Å². The van der Waals surface area contributed by atoms with Crippen LogP contribution in [0, 0.1) is 46.9 Å². The Morgan fingerprint density at radius 3 is 0.968 bits per heavy atom. The van der Waals surface area contributed by atoms with Crippen LogP contribution in [0.2, 0.25) is 0 Å². The lowest BCUT2D eigenvalue weighted by atomic mass is 9.94. The quantitative estimate of drug-likeness (QED) is 0.106. The van der Waals surface area contributed by atoms with Crippen molar-refractivity contribution in [1.29, 1.82) is 0 Å². The Bertz CT molecular complexity index is 2000. The van der Waals surface area contributed by atoms with E-state index in [9.17, 15) is 41.5 Å². The molecule has 0 bridgehead atoms. The summed E-state index contributed by atoms with van der Waals surface area (Å²) in [4.78, 5) is 75.0. The van der Waals surface area contributed by atoms with Crippen molar-refractivity contribution >= 4 is 29.5 Å².